The van der Waals surface area contributed by atoms with Gasteiger partial charge in [0.25, 0.3) is 0 Å². The van der Waals surface area contributed by atoms with Crippen LogP contribution in [0.2, 0.25) is 0 Å². The number of nitrogens with one attached hydrogen (secondary N) is 3. The molecule has 0 fully saturated rings. The number of hydrogen-bond donors (Lipinski definition) is 8. The van der Waals surface area contributed by atoms with Gasteiger partial charge in [-0.1, -0.05) is 42.5 Å². The molecule has 2 aliphatic carbocycles. The number of anilines is 1. The van der Waals surface area contributed by atoms with Crippen LogP contribution in [-0.4, -0.2) is 82.2 Å². The van der Waals surface area contributed by atoms with Crippen molar-refractivity contribution in [2.75, 3.05) is 18.5 Å². The van der Waals surface area contributed by atoms with Gasteiger partial charge in [0.05, 0.1) is 24.7 Å². The molecule has 12 heteroatoms. The number of carbonyl (C=O) groups is 3. The second kappa shape index (κ2) is 18.7. The molecule has 1 aromatic heterocycles. The van der Waals surface area contributed by atoms with Crippen LogP contribution >= 0.6 is 0 Å². The summed E-state index contributed by atoms with van der Waals surface area (Å²) in [6, 6.07) is 13.2. The minimum atomic E-state index is -1.08. The summed E-state index contributed by atoms with van der Waals surface area (Å²) in [6.45, 7) is -0.0959. The number of aliphatic carboxylic acids is 1. The number of carboxylic acid groups (broad SMARTS) is 1. The second-order valence-corrected chi connectivity index (χ2v) is 15.7. The van der Waals surface area contributed by atoms with Crippen molar-refractivity contribution in [2.24, 2.45) is 40.1 Å². The van der Waals surface area contributed by atoms with E-state index in [9.17, 15) is 29.7 Å². The first kappa shape index (κ1) is 39.9. The molecule has 55 heavy (non-hydrogen) atoms. The van der Waals surface area contributed by atoms with Gasteiger partial charge in [-0.3, -0.25) is 0 Å². The molecule has 0 saturated heterocycles. The van der Waals surface area contributed by atoms with Gasteiger partial charge in [-0.25, -0.2) is 9.79 Å². The van der Waals surface area contributed by atoms with Crippen molar-refractivity contribution >= 4 is 41.1 Å². The highest BCUT2D eigenvalue weighted by Crippen LogP contribution is 2.52. The Hall–Kier alpha value is -4.78. The molecule has 12 nitrogen and oxygen atoms in total. The SMILES string of the molecule is NC1=NC(C(=CC(=O)O)C(CC2C3C=CC(CCC(N)CCC(C=O)CCCO)C2c2cc4cc(CC=O)ccc4cc2C3)Nc2ccc[nH]2)CC(CO)N1. The van der Waals surface area contributed by atoms with Crippen LogP contribution in [0, 0.1) is 23.7 Å². The van der Waals surface area contributed by atoms with E-state index in [-0.39, 0.29) is 60.8 Å². The number of guanidine groups is 1. The Kier molecular flexibility index (Phi) is 13.6. The number of aliphatic imine (C=N–C) groups is 1. The quantitative estimate of drug-likeness (QED) is 0.0464. The molecule has 9 atom stereocenters. The molecule has 0 saturated carbocycles. The summed E-state index contributed by atoms with van der Waals surface area (Å²) >= 11 is 0. The van der Waals surface area contributed by atoms with Crippen molar-refractivity contribution < 1.29 is 29.7 Å². The highest BCUT2D eigenvalue weighted by molar-refractivity contribution is 5.86. The number of allylic oxidation sites excluding steroid dienone is 2. The lowest BCUT2D eigenvalue weighted by Crippen LogP contribution is -2.50. The average molecular weight is 753 g/mol. The molecule has 294 valence electrons. The first-order valence-corrected chi connectivity index (χ1v) is 19.7. The zero-order chi connectivity index (χ0) is 38.9. The van der Waals surface area contributed by atoms with Gasteiger partial charge in [-0.05, 0) is 127 Å². The largest absolute Gasteiger partial charge is 0.478 e. The number of H-pyrrole nitrogens is 1. The first-order chi connectivity index (χ1) is 26.7. The van der Waals surface area contributed by atoms with Crippen LogP contribution in [0.15, 0.2) is 77.5 Å². The average Bonchev–Trinajstić information content (AvgIpc) is 3.69. The number of nitrogens with two attached hydrogens (primary N) is 2. The van der Waals surface area contributed by atoms with Gasteiger partial charge in [0, 0.05) is 37.3 Å². The van der Waals surface area contributed by atoms with Crippen molar-refractivity contribution in [1.82, 2.24) is 10.3 Å². The fraction of sp³-hybridized carbons (Fsp3) is 0.488. The molecule has 2 aromatic carbocycles. The Balaban J connectivity index is 1.36. The van der Waals surface area contributed by atoms with E-state index in [1.807, 2.05) is 24.4 Å². The van der Waals surface area contributed by atoms with E-state index in [0.717, 1.165) is 60.4 Å². The van der Waals surface area contributed by atoms with Gasteiger partial charge in [-0.15, -0.1) is 0 Å². The lowest BCUT2D eigenvalue weighted by Gasteiger charge is -2.47. The molecule has 2 bridgehead atoms. The van der Waals surface area contributed by atoms with E-state index in [1.54, 1.807) is 0 Å². The molecule has 1 aliphatic heterocycles. The number of benzene rings is 2. The van der Waals surface area contributed by atoms with Crippen LogP contribution < -0.4 is 22.1 Å². The maximum atomic E-state index is 12.5. The van der Waals surface area contributed by atoms with Gasteiger partial charge < -0.3 is 52.0 Å². The molecule has 10 N–H and O–H groups in total. The van der Waals surface area contributed by atoms with Crippen LogP contribution in [0.3, 0.4) is 0 Å². The van der Waals surface area contributed by atoms with Crippen LogP contribution in [0.25, 0.3) is 10.8 Å². The van der Waals surface area contributed by atoms with Crippen molar-refractivity contribution in [1.29, 1.82) is 0 Å². The van der Waals surface area contributed by atoms with E-state index in [2.05, 4.69) is 57.0 Å². The van der Waals surface area contributed by atoms with Crippen molar-refractivity contribution in [3.63, 3.8) is 0 Å². The maximum Gasteiger partial charge on any atom is 0.328 e. The molecule has 3 aliphatic rings. The van der Waals surface area contributed by atoms with E-state index in [1.165, 1.54) is 17.2 Å². The summed E-state index contributed by atoms with van der Waals surface area (Å²) in [5.41, 5.74) is 17.0. The maximum absolute atomic E-state index is 12.5. The topological polar surface area (TPSA) is 216 Å². The molecule has 0 amide bonds. The number of aliphatic hydroxyl groups is 2. The molecule has 3 aromatic rings. The Morgan fingerprint density at radius 3 is 2.64 bits per heavy atom. The summed E-state index contributed by atoms with van der Waals surface area (Å²) in [5, 5.41) is 38.4. The predicted octanol–water partition coefficient (Wildman–Crippen LogP) is 4.36. The van der Waals surface area contributed by atoms with Crippen molar-refractivity contribution in [2.45, 2.75) is 94.3 Å². The number of aromatic amines is 1. The van der Waals surface area contributed by atoms with Crippen LogP contribution in [0.5, 0.6) is 0 Å². The molecular weight excluding hydrogens is 697 g/mol. The van der Waals surface area contributed by atoms with E-state index in [4.69, 9.17) is 11.5 Å². The highest BCUT2D eigenvalue weighted by Gasteiger charge is 2.44. The van der Waals surface area contributed by atoms with Crippen molar-refractivity contribution in [3.05, 3.63) is 89.2 Å². The van der Waals surface area contributed by atoms with E-state index in [0.29, 0.717) is 44.1 Å². The number of fused-ring (bicyclic) bond motifs is 5. The van der Waals surface area contributed by atoms with Gasteiger partial charge in [0.15, 0.2) is 5.96 Å². The normalized spacial score (nSPS) is 24.9. The third-order valence-electron chi connectivity index (χ3n) is 12.0. The number of nitrogens with zero attached hydrogens (tertiary/aromatic N) is 1. The fourth-order valence-corrected chi connectivity index (χ4v) is 9.25. The number of carboxylic acids is 1. The molecule has 0 spiro atoms. The minimum Gasteiger partial charge on any atom is -0.478 e. The first-order valence-electron chi connectivity index (χ1n) is 19.7. The van der Waals surface area contributed by atoms with Crippen LogP contribution in [-0.2, 0) is 27.2 Å². The summed E-state index contributed by atoms with van der Waals surface area (Å²) < 4.78 is 0. The second-order valence-electron chi connectivity index (χ2n) is 15.7. The third kappa shape index (κ3) is 9.91. The molecular formula is C43H56N6O6. The number of aldehydes is 2. The lowest BCUT2D eigenvalue weighted by atomic mass is 9.58. The number of aromatic nitrogens is 1. The Morgan fingerprint density at radius 2 is 1.91 bits per heavy atom. The smallest absolute Gasteiger partial charge is 0.328 e. The van der Waals surface area contributed by atoms with E-state index >= 15 is 0 Å². The Bertz CT molecular complexity index is 1870. The molecule has 6 rings (SSSR count). The number of rotatable bonds is 20. The molecule has 0 radical (unpaired) electrons. The lowest BCUT2D eigenvalue weighted by molar-refractivity contribution is -0.131. The zero-order valence-electron chi connectivity index (χ0n) is 31.4. The molecule has 2 heterocycles. The molecule has 9 unspecified atom stereocenters. The fourth-order valence-electron chi connectivity index (χ4n) is 9.25. The Morgan fingerprint density at radius 1 is 1.05 bits per heavy atom. The minimum absolute atomic E-state index is 0.0698. The summed E-state index contributed by atoms with van der Waals surface area (Å²) in [5.74, 6) is 0.311. The number of aliphatic hydroxyl groups excluding tert-OH is 2. The standard InChI is InChI=1S/C43H56N6O6/c44-33(11-6-27(24-52)3-2-15-50)12-10-28-8-9-30-19-32-18-29-7-5-26(13-16-51)17-31(29)20-35(32)42(28)36(30)22-39(48-40-4-1-14-46-40)37(23-41(54)55)38-21-34(25-53)47-43(45)49-38/h1,4-5,7-9,14,16-18,20,23-24,27-28,30,33-34,36,38-39,42,46,48,50,53H,2-3,6,10-13,15,19,21-22,25,44H2,(H,54,55)(H3,45,47,49). The highest BCUT2D eigenvalue weighted by atomic mass is 16.4. The summed E-state index contributed by atoms with van der Waals surface area (Å²) in [6.07, 6.45) is 16.2. The summed E-state index contributed by atoms with van der Waals surface area (Å²) in [7, 11) is 0. The van der Waals surface area contributed by atoms with Crippen molar-refractivity contribution in [3.8, 4) is 0 Å². The van der Waals surface area contributed by atoms with Gasteiger partial charge in [-0.2, -0.15) is 0 Å². The monoisotopic (exact) mass is 752 g/mol. The summed E-state index contributed by atoms with van der Waals surface area (Å²) in [4.78, 5) is 43.5. The number of carbonyl (C=O) groups excluding carboxylic acids is 2. The van der Waals surface area contributed by atoms with Gasteiger partial charge in [0.2, 0.25) is 0 Å². The van der Waals surface area contributed by atoms with Gasteiger partial charge >= 0.3 is 5.97 Å². The van der Waals surface area contributed by atoms with Crippen LogP contribution in [0.1, 0.15) is 74.0 Å². The number of hydrogen-bond acceptors (Lipinski definition) is 10. The third-order valence-corrected chi connectivity index (χ3v) is 12.0. The van der Waals surface area contributed by atoms with E-state index < -0.39 is 18.1 Å². The Labute approximate surface area is 322 Å². The zero-order valence-corrected chi connectivity index (χ0v) is 31.4. The van der Waals surface area contributed by atoms with Gasteiger partial charge in [0.1, 0.15) is 18.4 Å². The predicted molar refractivity (Wildman–Crippen MR) is 215 cm³/mol. The van der Waals surface area contributed by atoms with Crippen LogP contribution in [0.4, 0.5) is 5.82 Å².